The number of nitrogens with zero attached hydrogens (tertiary/aromatic N) is 4. The summed E-state index contributed by atoms with van der Waals surface area (Å²) in [5, 5.41) is 20.2. The van der Waals surface area contributed by atoms with E-state index in [0.29, 0.717) is 39.7 Å². The van der Waals surface area contributed by atoms with Crippen molar-refractivity contribution in [3.05, 3.63) is 247 Å². The maximum Gasteiger partial charge on any atom is 0.210 e. The Bertz CT molecular complexity index is 4060. The molecule has 318 valence electrons. The predicted molar refractivity (Wildman–Crippen MR) is 276 cm³/mol. The van der Waals surface area contributed by atoms with Crippen molar-refractivity contribution in [2.24, 2.45) is 0 Å². The number of rotatable bonds is 8. The van der Waals surface area contributed by atoms with E-state index in [0.717, 1.165) is 76.1 Å². The highest BCUT2D eigenvalue weighted by atomic mass is 19.1. The van der Waals surface area contributed by atoms with Crippen LogP contribution in [-0.2, 0) is 0 Å². The lowest BCUT2D eigenvalue weighted by atomic mass is 9.91. The smallest absolute Gasteiger partial charge is 0.210 e. The monoisotopic (exact) mass is 874 g/mol. The van der Waals surface area contributed by atoms with E-state index in [-0.39, 0.29) is 5.69 Å². The lowest BCUT2D eigenvalue weighted by molar-refractivity contribution is 0.629. The topological polar surface area (TPSA) is 34.6 Å². The number of nitriles is 1. The lowest BCUT2D eigenvalue weighted by Gasteiger charge is -2.31. The molecule has 0 fully saturated rings. The third-order valence-corrected chi connectivity index (χ3v) is 13.1. The molecule has 0 aliphatic rings. The first-order chi connectivity index (χ1) is 33.4. The van der Waals surface area contributed by atoms with E-state index in [4.69, 9.17) is 6.57 Å². The van der Waals surface area contributed by atoms with Gasteiger partial charge < -0.3 is 9.80 Å². The fraction of sp³-hybridized carbons (Fsp3) is 0. The molecule has 0 aliphatic heterocycles. The van der Waals surface area contributed by atoms with Gasteiger partial charge in [-0.05, 0) is 132 Å². The molecule has 0 aliphatic carbocycles. The third-order valence-electron chi connectivity index (χ3n) is 13.1. The van der Waals surface area contributed by atoms with E-state index in [1.54, 1.807) is 36.4 Å². The van der Waals surface area contributed by atoms with Crippen molar-refractivity contribution in [1.82, 2.24) is 0 Å². The van der Waals surface area contributed by atoms with Crippen molar-refractivity contribution in [3.8, 4) is 28.3 Å². The van der Waals surface area contributed by atoms with Gasteiger partial charge in [0.15, 0.2) is 0 Å². The van der Waals surface area contributed by atoms with Gasteiger partial charge in [0.05, 0.1) is 46.3 Å². The lowest BCUT2D eigenvalue weighted by Crippen LogP contribution is -2.14. The minimum Gasteiger partial charge on any atom is -0.317 e. The molecule has 0 atom stereocenters. The normalized spacial score (nSPS) is 11.4. The summed E-state index contributed by atoms with van der Waals surface area (Å²) in [5.41, 5.74) is 7.06. The van der Waals surface area contributed by atoms with Crippen molar-refractivity contribution in [2.45, 2.75) is 0 Å². The van der Waals surface area contributed by atoms with Gasteiger partial charge >= 0.3 is 0 Å². The molecule has 12 rings (SSSR count). The Morgan fingerprint density at radius 3 is 1.47 bits per heavy atom. The van der Waals surface area contributed by atoms with E-state index >= 15 is 8.78 Å². The van der Waals surface area contributed by atoms with Crippen LogP contribution in [0.3, 0.4) is 0 Å². The molecule has 0 saturated heterocycles. The zero-order valence-electron chi connectivity index (χ0n) is 36.3. The van der Waals surface area contributed by atoms with E-state index in [1.807, 2.05) is 137 Å². The van der Waals surface area contributed by atoms with Gasteiger partial charge in [0.2, 0.25) is 5.69 Å². The van der Waals surface area contributed by atoms with E-state index in [9.17, 15) is 5.26 Å². The Hall–Kier alpha value is -9.36. The van der Waals surface area contributed by atoms with E-state index in [2.05, 4.69) is 65.5 Å². The van der Waals surface area contributed by atoms with Crippen LogP contribution in [0.15, 0.2) is 218 Å². The summed E-state index contributed by atoms with van der Waals surface area (Å²) in [7, 11) is 0. The zero-order valence-corrected chi connectivity index (χ0v) is 36.3. The van der Waals surface area contributed by atoms with Gasteiger partial charge in [-0.2, -0.15) is 5.26 Å². The quantitative estimate of drug-likeness (QED) is 0.113. The van der Waals surface area contributed by atoms with Gasteiger partial charge in [-0.15, -0.1) is 0 Å². The Labute approximate surface area is 391 Å². The second-order valence-corrected chi connectivity index (χ2v) is 17.0. The van der Waals surface area contributed by atoms with Gasteiger partial charge in [-0.1, -0.05) is 152 Å². The SMILES string of the molecule is [C-]#[N+]c1ccccc1N(c1ccc(-c2ccc3ccccc3c2)cc1F)c1ccc2cc(N(c3ccc(-c4ccc5ccccc5c4)cc3F)c3ccccc3C#N)c3cccc4ccc1c2c43. The van der Waals surface area contributed by atoms with Crippen LogP contribution >= 0.6 is 0 Å². The summed E-state index contributed by atoms with van der Waals surface area (Å²) < 4.78 is 34.2. The fourth-order valence-corrected chi connectivity index (χ4v) is 9.94. The Morgan fingerprint density at radius 2 is 0.838 bits per heavy atom. The van der Waals surface area contributed by atoms with Crippen LogP contribution in [0.4, 0.5) is 48.6 Å². The molecule has 4 nitrogen and oxygen atoms in total. The van der Waals surface area contributed by atoms with Crippen molar-refractivity contribution in [1.29, 1.82) is 5.26 Å². The number of fused-ring (bicyclic) bond motifs is 2. The van der Waals surface area contributed by atoms with Crippen molar-refractivity contribution < 1.29 is 8.78 Å². The standard InChI is InChI=1S/C62H36F2N4/c1-66-54-18-7-9-20-59(54)68(58-32-27-47(36-53(58)64)45-24-22-40-12-3-5-14-43(40)34-45)56-30-28-48-37-60(50-17-10-16-41-25-29-51(56)62(48)61(41)50)67(55-19-8-6-15-49(55)38-65)57-31-26-46(35-52(57)63)44-23-21-39-11-2-4-13-42(39)33-44/h2-37H. The third kappa shape index (κ3) is 6.63. The van der Waals surface area contributed by atoms with Crippen LogP contribution < -0.4 is 9.80 Å². The highest BCUT2D eigenvalue weighted by molar-refractivity contribution is 6.29. The highest BCUT2D eigenvalue weighted by Crippen LogP contribution is 2.51. The van der Waals surface area contributed by atoms with Crippen LogP contribution in [0, 0.1) is 29.5 Å². The average Bonchev–Trinajstić information content (AvgIpc) is 3.39. The summed E-state index contributed by atoms with van der Waals surface area (Å²) in [6.07, 6.45) is 0. The molecular weight excluding hydrogens is 839 g/mol. The molecular formula is C62H36F2N4. The van der Waals surface area contributed by atoms with Crippen LogP contribution in [0.5, 0.6) is 0 Å². The second kappa shape index (κ2) is 16.3. The number of halogens is 2. The van der Waals surface area contributed by atoms with Crippen LogP contribution in [0.1, 0.15) is 5.56 Å². The Kier molecular flexibility index (Phi) is 9.61. The molecule has 0 N–H and O–H groups in total. The van der Waals surface area contributed by atoms with Gasteiger partial charge in [0, 0.05) is 10.8 Å². The molecule has 0 heterocycles. The van der Waals surface area contributed by atoms with Gasteiger partial charge in [0.1, 0.15) is 17.7 Å². The first-order valence-corrected chi connectivity index (χ1v) is 22.3. The molecule has 0 amide bonds. The van der Waals surface area contributed by atoms with E-state index < -0.39 is 11.6 Å². The molecule has 0 radical (unpaired) electrons. The number of para-hydroxylation sites is 3. The summed E-state index contributed by atoms with van der Waals surface area (Å²) in [6.45, 7) is 8.19. The molecule has 0 spiro atoms. The maximum absolute atomic E-state index is 17.1. The van der Waals surface area contributed by atoms with Gasteiger partial charge in [-0.25, -0.2) is 13.6 Å². The summed E-state index contributed by atoms with van der Waals surface area (Å²) in [4.78, 5) is 7.60. The van der Waals surface area contributed by atoms with Crippen LogP contribution in [0.2, 0.25) is 0 Å². The molecule has 12 aromatic carbocycles. The molecule has 12 aromatic rings. The zero-order chi connectivity index (χ0) is 45.9. The van der Waals surface area contributed by atoms with Crippen molar-refractivity contribution >= 4 is 93.7 Å². The highest BCUT2D eigenvalue weighted by Gasteiger charge is 2.27. The number of benzene rings is 12. The van der Waals surface area contributed by atoms with Gasteiger partial charge in [-0.3, -0.25) is 0 Å². The van der Waals surface area contributed by atoms with Crippen LogP contribution in [0.25, 0.3) is 81.0 Å². The maximum atomic E-state index is 17.1. The Balaban J connectivity index is 1.05. The minimum absolute atomic E-state index is 0.289. The molecule has 0 aromatic heterocycles. The summed E-state index contributed by atoms with van der Waals surface area (Å²) in [5.74, 6) is -0.887. The molecule has 0 unspecified atom stereocenters. The molecule has 0 saturated carbocycles. The van der Waals surface area contributed by atoms with Gasteiger partial charge in [0.25, 0.3) is 0 Å². The molecule has 0 bridgehead atoms. The first kappa shape index (κ1) is 40.2. The first-order valence-electron chi connectivity index (χ1n) is 22.3. The second-order valence-electron chi connectivity index (χ2n) is 17.0. The summed E-state index contributed by atoms with van der Waals surface area (Å²) >= 11 is 0. The van der Waals surface area contributed by atoms with Crippen molar-refractivity contribution in [2.75, 3.05) is 9.80 Å². The van der Waals surface area contributed by atoms with E-state index in [1.165, 1.54) is 0 Å². The number of hydrogen-bond donors (Lipinski definition) is 0. The average molecular weight is 875 g/mol. The molecule has 6 heteroatoms. The Morgan fingerprint density at radius 1 is 0.368 bits per heavy atom. The summed E-state index contributed by atoms with van der Waals surface area (Å²) in [6, 6.07) is 72.2. The minimum atomic E-state index is -0.446. The molecule has 68 heavy (non-hydrogen) atoms. The predicted octanol–water partition coefficient (Wildman–Crippen LogP) is 17.9. The van der Waals surface area contributed by atoms with Crippen molar-refractivity contribution in [3.63, 3.8) is 0 Å². The number of hydrogen-bond acceptors (Lipinski definition) is 3. The largest absolute Gasteiger partial charge is 0.317 e. The fourth-order valence-electron chi connectivity index (χ4n) is 9.94. The number of anilines is 6. The van der Waals surface area contributed by atoms with Crippen LogP contribution in [-0.4, -0.2) is 0 Å².